The second-order valence-corrected chi connectivity index (χ2v) is 4.46. The fourth-order valence-corrected chi connectivity index (χ4v) is 1.45. The number of rotatable bonds is 7. The van der Waals surface area contributed by atoms with Crippen molar-refractivity contribution in [3.05, 3.63) is 35.4 Å². The fraction of sp³-hybridized carbons (Fsp3) is 0.429. The zero-order chi connectivity index (χ0) is 14.3. The van der Waals surface area contributed by atoms with E-state index in [1.165, 1.54) is 0 Å². The average Bonchev–Trinajstić information content (AvgIpc) is 2.37. The quantitative estimate of drug-likeness (QED) is 0.782. The van der Waals surface area contributed by atoms with Crippen LogP contribution in [0, 0.1) is 0 Å². The van der Waals surface area contributed by atoms with Gasteiger partial charge in [0.1, 0.15) is 6.61 Å². The second-order valence-electron chi connectivity index (χ2n) is 4.46. The van der Waals surface area contributed by atoms with Crippen LogP contribution >= 0.6 is 0 Å². The van der Waals surface area contributed by atoms with Gasteiger partial charge in [-0.25, -0.2) is 4.79 Å². The number of carboxylic acids is 1. The van der Waals surface area contributed by atoms with Crippen LogP contribution in [0.15, 0.2) is 24.3 Å². The van der Waals surface area contributed by atoms with E-state index in [0.29, 0.717) is 13.0 Å². The first-order valence-corrected chi connectivity index (χ1v) is 6.19. The third kappa shape index (κ3) is 6.01. The van der Waals surface area contributed by atoms with Gasteiger partial charge in [-0.3, -0.25) is 4.79 Å². The van der Waals surface area contributed by atoms with E-state index < -0.39 is 5.97 Å². The Kier molecular flexibility index (Phi) is 6.02. The highest BCUT2D eigenvalue weighted by Crippen LogP contribution is 2.04. The van der Waals surface area contributed by atoms with Crippen LogP contribution in [0.3, 0.4) is 0 Å². The van der Waals surface area contributed by atoms with Gasteiger partial charge in [-0.15, -0.1) is 0 Å². The summed E-state index contributed by atoms with van der Waals surface area (Å²) in [7, 11) is 0. The van der Waals surface area contributed by atoms with Gasteiger partial charge in [0.25, 0.3) is 0 Å². The molecule has 0 aliphatic rings. The van der Waals surface area contributed by atoms with Gasteiger partial charge in [-0.05, 0) is 38.0 Å². The number of ether oxygens (including phenoxy) is 1. The summed E-state index contributed by atoms with van der Waals surface area (Å²) in [5, 5.41) is 11.5. The molecule has 0 saturated heterocycles. The summed E-state index contributed by atoms with van der Waals surface area (Å²) in [5.74, 6) is -1.08. The first-order valence-electron chi connectivity index (χ1n) is 6.19. The highest BCUT2D eigenvalue weighted by Gasteiger charge is 2.04. The number of hydrogen-bond acceptors (Lipinski definition) is 3. The second kappa shape index (κ2) is 7.53. The molecule has 0 aliphatic carbocycles. The number of hydrogen-bond donors (Lipinski definition) is 2. The Morgan fingerprint density at radius 3 is 2.42 bits per heavy atom. The van der Waals surface area contributed by atoms with Crippen molar-refractivity contribution < 1.29 is 19.4 Å². The number of nitrogens with one attached hydrogen (secondary N) is 1. The predicted octanol–water partition coefficient (Wildman–Crippen LogP) is 1.47. The van der Waals surface area contributed by atoms with Crippen LogP contribution < -0.4 is 5.32 Å². The molecule has 0 radical (unpaired) electrons. The van der Waals surface area contributed by atoms with Crippen molar-refractivity contribution in [2.45, 2.75) is 26.4 Å². The van der Waals surface area contributed by atoms with E-state index in [0.717, 1.165) is 5.56 Å². The highest BCUT2D eigenvalue weighted by atomic mass is 16.5. The van der Waals surface area contributed by atoms with E-state index in [9.17, 15) is 9.59 Å². The van der Waals surface area contributed by atoms with E-state index in [4.69, 9.17) is 9.84 Å². The summed E-state index contributed by atoms with van der Waals surface area (Å²) in [5.41, 5.74) is 1.24. The summed E-state index contributed by atoms with van der Waals surface area (Å²) >= 11 is 0. The van der Waals surface area contributed by atoms with Crippen molar-refractivity contribution in [2.24, 2.45) is 0 Å². The van der Waals surface area contributed by atoms with E-state index in [-0.39, 0.29) is 24.2 Å². The third-order valence-electron chi connectivity index (χ3n) is 2.48. The molecule has 0 unspecified atom stereocenters. The van der Waals surface area contributed by atoms with Gasteiger partial charge in [0.2, 0.25) is 5.91 Å². The molecular weight excluding hydrogens is 246 g/mol. The largest absolute Gasteiger partial charge is 0.478 e. The summed E-state index contributed by atoms with van der Waals surface area (Å²) in [4.78, 5) is 22.0. The Morgan fingerprint density at radius 2 is 1.89 bits per heavy atom. The molecule has 0 fully saturated rings. The number of aromatic carboxylic acids is 1. The molecule has 0 aromatic heterocycles. The molecule has 0 spiro atoms. The lowest BCUT2D eigenvalue weighted by Gasteiger charge is -2.08. The molecule has 1 amide bonds. The van der Waals surface area contributed by atoms with Crippen molar-refractivity contribution in [3.8, 4) is 0 Å². The number of carboxylic acid groups (broad SMARTS) is 1. The van der Waals surface area contributed by atoms with Crippen LogP contribution in [0.2, 0.25) is 0 Å². The van der Waals surface area contributed by atoms with Crippen molar-refractivity contribution in [1.82, 2.24) is 5.32 Å². The van der Waals surface area contributed by atoms with Gasteiger partial charge >= 0.3 is 5.97 Å². The SMILES string of the molecule is CC(C)OCC(=O)NCCc1ccc(C(=O)O)cc1. The van der Waals surface area contributed by atoms with Crippen LogP contribution in [-0.4, -0.2) is 36.2 Å². The first-order chi connectivity index (χ1) is 8.99. The normalized spacial score (nSPS) is 10.5. The van der Waals surface area contributed by atoms with Crippen molar-refractivity contribution in [2.75, 3.05) is 13.2 Å². The molecule has 0 saturated carbocycles. The first kappa shape index (κ1) is 15.2. The fourth-order valence-electron chi connectivity index (χ4n) is 1.45. The topological polar surface area (TPSA) is 75.6 Å². The summed E-state index contributed by atoms with van der Waals surface area (Å²) in [6, 6.07) is 6.61. The summed E-state index contributed by atoms with van der Waals surface area (Å²) < 4.78 is 5.17. The molecule has 0 heterocycles. The van der Waals surface area contributed by atoms with Gasteiger partial charge in [0.05, 0.1) is 11.7 Å². The zero-order valence-corrected chi connectivity index (χ0v) is 11.2. The van der Waals surface area contributed by atoms with Crippen molar-refractivity contribution in [1.29, 1.82) is 0 Å². The molecule has 0 atom stereocenters. The predicted molar refractivity (Wildman–Crippen MR) is 71.2 cm³/mol. The van der Waals surface area contributed by atoms with Gasteiger partial charge in [-0.1, -0.05) is 12.1 Å². The molecule has 1 aromatic carbocycles. The summed E-state index contributed by atoms with van der Waals surface area (Å²) in [6.45, 7) is 4.32. The lowest BCUT2D eigenvalue weighted by atomic mass is 10.1. The lowest BCUT2D eigenvalue weighted by Crippen LogP contribution is -2.30. The minimum atomic E-state index is -0.939. The van der Waals surface area contributed by atoms with Crippen LogP contribution in [0.5, 0.6) is 0 Å². The lowest BCUT2D eigenvalue weighted by molar-refractivity contribution is -0.127. The molecule has 5 heteroatoms. The molecule has 104 valence electrons. The smallest absolute Gasteiger partial charge is 0.335 e. The zero-order valence-electron chi connectivity index (χ0n) is 11.2. The Hall–Kier alpha value is -1.88. The van der Waals surface area contributed by atoms with Gasteiger partial charge in [0.15, 0.2) is 0 Å². The van der Waals surface area contributed by atoms with E-state index in [1.54, 1.807) is 24.3 Å². The van der Waals surface area contributed by atoms with Crippen LogP contribution in [-0.2, 0) is 16.0 Å². The number of amides is 1. The van der Waals surface area contributed by atoms with E-state index in [1.807, 2.05) is 13.8 Å². The third-order valence-corrected chi connectivity index (χ3v) is 2.48. The molecule has 2 N–H and O–H groups in total. The maximum Gasteiger partial charge on any atom is 0.335 e. The minimum absolute atomic E-state index is 0.0364. The van der Waals surface area contributed by atoms with Gasteiger partial charge in [-0.2, -0.15) is 0 Å². The Morgan fingerprint density at radius 1 is 1.26 bits per heavy atom. The van der Waals surface area contributed by atoms with Gasteiger partial charge in [0, 0.05) is 6.54 Å². The average molecular weight is 265 g/mol. The number of benzene rings is 1. The Balaban J connectivity index is 2.29. The molecule has 1 rings (SSSR count). The summed E-state index contributed by atoms with van der Waals surface area (Å²) in [6.07, 6.45) is 0.696. The highest BCUT2D eigenvalue weighted by molar-refractivity contribution is 5.87. The van der Waals surface area contributed by atoms with Crippen molar-refractivity contribution in [3.63, 3.8) is 0 Å². The molecule has 0 aliphatic heterocycles. The van der Waals surface area contributed by atoms with E-state index in [2.05, 4.69) is 5.32 Å². The van der Waals surface area contributed by atoms with Crippen LogP contribution in [0.1, 0.15) is 29.8 Å². The molecule has 5 nitrogen and oxygen atoms in total. The maximum absolute atomic E-state index is 11.4. The number of carbonyl (C=O) groups is 2. The van der Waals surface area contributed by atoms with E-state index >= 15 is 0 Å². The molecule has 19 heavy (non-hydrogen) atoms. The Labute approximate surface area is 112 Å². The molecule has 0 bridgehead atoms. The monoisotopic (exact) mass is 265 g/mol. The van der Waals surface area contributed by atoms with Crippen LogP contribution in [0.4, 0.5) is 0 Å². The van der Waals surface area contributed by atoms with Crippen molar-refractivity contribution >= 4 is 11.9 Å². The Bertz CT molecular complexity index is 426. The molecule has 1 aromatic rings. The molecular formula is C14H19NO4. The minimum Gasteiger partial charge on any atom is -0.478 e. The number of carbonyl (C=O) groups excluding carboxylic acids is 1. The maximum atomic E-state index is 11.4. The van der Waals surface area contributed by atoms with Gasteiger partial charge < -0.3 is 15.2 Å². The van der Waals surface area contributed by atoms with Crippen LogP contribution in [0.25, 0.3) is 0 Å². The standard InChI is InChI=1S/C14H19NO4/c1-10(2)19-9-13(16)15-8-7-11-3-5-12(6-4-11)14(17)18/h3-6,10H,7-9H2,1-2H3,(H,15,16)(H,17,18).